The van der Waals surface area contributed by atoms with E-state index in [9.17, 15) is 13.0 Å². The van der Waals surface area contributed by atoms with E-state index >= 15 is 0 Å². The average Bonchev–Trinajstić information content (AvgIpc) is 1.78. The van der Waals surface area contributed by atoms with Crippen LogP contribution in [0.15, 0.2) is 0 Å². The zero-order valence-electron chi connectivity index (χ0n) is 6.74. The largest absolute Gasteiger partial charge is 1.00 e. The molecule has 0 saturated carbocycles. The van der Waals surface area contributed by atoms with E-state index in [1.165, 1.54) is 0 Å². The quantitative estimate of drug-likeness (QED) is 0.168. The maximum Gasteiger partial charge on any atom is 1.00 e. The molecule has 0 aromatic carbocycles. The summed E-state index contributed by atoms with van der Waals surface area (Å²) in [6.45, 7) is 0. The summed E-state index contributed by atoms with van der Waals surface area (Å²) in [4.78, 5) is 0. The standard InChI is InChI=1S/C4H10N2O3S2.Na/c5-4(6)10-2-1-3-11(7,8)9;/h1-3H2,(H3,5,6)(H,7,8,9);/q;+1/p-1. The monoisotopic (exact) mass is 220 g/mol. The zero-order valence-corrected chi connectivity index (χ0v) is 10.4. The van der Waals surface area contributed by atoms with Gasteiger partial charge in [-0.15, -0.1) is 0 Å². The van der Waals surface area contributed by atoms with Crippen molar-refractivity contribution in [2.45, 2.75) is 6.42 Å². The average molecular weight is 220 g/mol. The van der Waals surface area contributed by atoms with Gasteiger partial charge in [0.15, 0.2) is 5.17 Å². The fourth-order valence-corrected chi connectivity index (χ4v) is 1.61. The zero-order chi connectivity index (χ0) is 8.91. The molecule has 12 heavy (non-hydrogen) atoms. The van der Waals surface area contributed by atoms with Crippen molar-refractivity contribution in [2.24, 2.45) is 5.73 Å². The summed E-state index contributed by atoms with van der Waals surface area (Å²) in [7, 11) is -4.10. The number of rotatable bonds is 4. The van der Waals surface area contributed by atoms with Crippen molar-refractivity contribution in [3.05, 3.63) is 0 Å². The molecule has 0 spiro atoms. The predicted octanol–water partition coefficient (Wildman–Crippen LogP) is -3.45. The molecule has 8 heteroatoms. The molecule has 0 aromatic rings. The molecule has 5 nitrogen and oxygen atoms in total. The normalized spacial score (nSPS) is 10.4. The van der Waals surface area contributed by atoms with Gasteiger partial charge in [-0.1, -0.05) is 11.8 Å². The molecule has 0 radical (unpaired) electrons. The van der Waals surface area contributed by atoms with Crippen LogP contribution in [0.25, 0.3) is 0 Å². The molecule has 0 saturated heterocycles. The molecule has 0 unspecified atom stereocenters. The van der Waals surface area contributed by atoms with E-state index in [1.807, 2.05) is 0 Å². The van der Waals surface area contributed by atoms with Crippen LogP contribution in [0.5, 0.6) is 0 Å². The first kappa shape index (κ1) is 15.2. The predicted molar refractivity (Wildman–Crippen MR) is 43.6 cm³/mol. The topological polar surface area (TPSA) is 107 Å². The smallest absolute Gasteiger partial charge is 0.748 e. The molecule has 0 amide bonds. The van der Waals surface area contributed by atoms with Crippen LogP contribution in [-0.4, -0.2) is 29.6 Å². The van der Waals surface area contributed by atoms with Crippen LogP contribution in [0.4, 0.5) is 0 Å². The molecule has 3 N–H and O–H groups in total. The third-order valence-electron chi connectivity index (χ3n) is 0.796. The Morgan fingerprint density at radius 3 is 2.42 bits per heavy atom. The third-order valence-corrected chi connectivity index (χ3v) is 2.39. The Hall–Kier alpha value is 0.730. The SMILES string of the molecule is N=C(N)SCCCS(=O)(=O)[O-].[Na+]. The number of amidine groups is 1. The van der Waals surface area contributed by atoms with E-state index in [1.54, 1.807) is 0 Å². The third kappa shape index (κ3) is 13.3. The van der Waals surface area contributed by atoms with Crippen LogP contribution >= 0.6 is 11.8 Å². The molecule has 0 aliphatic heterocycles. The van der Waals surface area contributed by atoms with E-state index in [2.05, 4.69) is 0 Å². The Bertz CT molecular complexity index is 228. The molecule has 0 aliphatic carbocycles. The number of hydrogen-bond acceptors (Lipinski definition) is 5. The second kappa shape index (κ2) is 7.16. The first-order valence-corrected chi connectivity index (χ1v) is 5.38. The van der Waals surface area contributed by atoms with Crippen LogP contribution in [0, 0.1) is 5.41 Å². The van der Waals surface area contributed by atoms with Gasteiger partial charge in [0.2, 0.25) is 0 Å². The fourth-order valence-electron chi connectivity index (χ4n) is 0.418. The molecular formula is C4H9N2NaO3S2. The van der Waals surface area contributed by atoms with Crippen LogP contribution in [0.2, 0.25) is 0 Å². The summed E-state index contributed by atoms with van der Waals surface area (Å²) < 4.78 is 30.1. The van der Waals surface area contributed by atoms with E-state index in [0.29, 0.717) is 5.75 Å². The summed E-state index contributed by atoms with van der Waals surface area (Å²) in [5.74, 6) is 0.0179. The minimum atomic E-state index is -4.10. The summed E-state index contributed by atoms with van der Waals surface area (Å²) in [5, 5.41) is 6.68. The molecule has 0 fully saturated rings. The van der Waals surface area contributed by atoms with Crippen molar-refractivity contribution in [3.8, 4) is 0 Å². The summed E-state index contributed by atoms with van der Waals surface area (Å²) >= 11 is 1.03. The molecule has 0 aliphatic rings. The number of nitrogens with one attached hydrogen (secondary N) is 1. The molecule has 0 heterocycles. The second-order valence-corrected chi connectivity index (χ2v) is 4.49. The molecule has 0 bridgehead atoms. The summed E-state index contributed by atoms with van der Waals surface area (Å²) in [5.41, 5.74) is 4.96. The summed E-state index contributed by atoms with van der Waals surface area (Å²) in [6, 6.07) is 0. The van der Waals surface area contributed by atoms with Crippen LogP contribution in [0.1, 0.15) is 6.42 Å². The van der Waals surface area contributed by atoms with Gasteiger partial charge in [0.05, 0.1) is 10.1 Å². The summed E-state index contributed by atoms with van der Waals surface area (Å²) in [6.07, 6.45) is 0.246. The Morgan fingerprint density at radius 1 is 1.58 bits per heavy atom. The molecule has 0 aromatic heterocycles. The number of nitrogens with two attached hydrogens (primary N) is 1. The van der Waals surface area contributed by atoms with Crippen LogP contribution in [0.3, 0.4) is 0 Å². The first-order chi connectivity index (χ1) is 4.92. The Kier molecular flexibility index (Phi) is 9.08. The van der Waals surface area contributed by atoms with E-state index < -0.39 is 10.1 Å². The molecule has 0 rings (SSSR count). The van der Waals surface area contributed by atoms with Crippen molar-refractivity contribution in [2.75, 3.05) is 11.5 Å². The van der Waals surface area contributed by atoms with Gasteiger partial charge in [-0.25, -0.2) is 8.42 Å². The van der Waals surface area contributed by atoms with Crippen molar-refractivity contribution >= 4 is 27.0 Å². The van der Waals surface area contributed by atoms with Gasteiger partial charge < -0.3 is 10.3 Å². The van der Waals surface area contributed by atoms with E-state index in [-0.39, 0.29) is 46.9 Å². The maximum absolute atomic E-state index is 10.0. The Balaban J connectivity index is 0. The van der Waals surface area contributed by atoms with Gasteiger partial charge in [-0.2, -0.15) is 0 Å². The number of thioether (sulfide) groups is 1. The van der Waals surface area contributed by atoms with Crippen molar-refractivity contribution in [3.63, 3.8) is 0 Å². The number of hydrogen-bond donors (Lipinski definition) is 2. The minimum absolute atomic E-state index is 0. The van der Waals surface area contributed by atoms with Gasteiger partial charge in [-0.3, -0.25) is 5.41 Å². The Labute approximate surface area is 98.0 Å². The molecular weight excluding hydrogens is 211 g/mol. The van der Waals surface area contributed by atoms with E-state index in [0.717, 1.165) is 11.8 Å². The van der Waals surface area contributed by atoms with Gasteiger partial charge in [0, 0.05) is 11.5 Å². The first-order valence-electron chi connectivity index (χ1n) is 2.82. The van der Waals surface area contributed by atoms with Gasteiger partial charge in [0.1, 0.15) is 0 Å². The second-order valence-electron chi connectivity index (χ2n) is 1.83. The van der Waals surface area contributed by atoms with Crippen molar-refractivity contribution in [1.29, 1.82) is 5.41 Å². The van der Waals surface area contributed by atoms with Gasteiger partial charge in [0.25, 0.3) is 0 Å². The minimum Gasteiger partial charge on any atom is -0.748 e. The Morgan fingerprint density at radius 2 is 2.08 bits per heavy atom. The van der Waals surface area contributed by atoms with Gasteiger partial charge in [-0.05, 0) is 6.42 Å². The maximum atomic E-state index is 10.0. The van der Waals surface area contributed by atoms with Crippen molar-refractivity contribution in [1.82, 2.24) is 0 Å². The fraction of sp³-hybridized carbons (Fsp3) is 0.750. The van der Waals surface area contributed by atoms with Gasteiger partial charge >= 0.3 is 29.6 Å². The van der Waals surface area contributed by atoms with E-state index in [4.69, 9.17) is 11.1 Å². The molecule has 66 valence electrons. The van der Waals surface area contributed by atoms with Crippen LogP contribution in [-0.2, 0) is 10.1 Å². The molecule has 0 atom stereocenters. The van der Waals surface area contributed by atoms with Crippen molar-refractivity contribution < 1.29 is 42.5 Å². The van der Waals surface area contributed by atoms with Crippen LogP contribution < -0.4 is 35.3 Å².